The first-order chi connectivity index (χ1) is 7.34. The van der Waals surface area contributed by atoms with Crippen LogP contribution in [0.15, 0.2) is 12.4 Å². The highest BCUT2D eigenvalue weighted by atomic mass is 16.5. The van der Waals surface area contributed by atoms with Gasteiger partial charge in [0.1, 0.15) is 6.61 Å². The summed E-state index contributed by atoms with van der Waals surface area (Å²) >= 11 is 0. The van der Waals surface area contributed by atoms with Crippen LogP contribution < -0.4 is 4.74 Å². The summed E-state index contributed by atoms with van der Waals surface area (Å²) in [5, 5.41) is 4.04. The van der Waals surface area contributed by atoms with Crippen LogP contribution in [0.4, 0.5) is 0 Å². The Hall–Kier alpha value is -1.07. The molecule has 0 aliphatic carbocycles. The van der Waals surface area contributed by atoms with Crippen LogP contribution in [0.3, 0.4) is 0 Å². The van der Waals surface area contributed by atoms with Gasteiger partial charge in [-0.25, -0.2) is 0 Å². The van der Waals surface area contributed by atoms with Crippen molar-refractivity contribution in [2.45, 2.75) is 0 Å². The van der Waals surface area contributed by atoms with Crippen LogP contribution >= 0.6 is 0 Å². The average molecular weight is 211 g/mol. The molecule has 0 N–H and O–H groups in total. The zero-order valence-corrected chi connectivity index (χ0v) is 9.06. The fourth-order valence-corrected chi connectivity index (χ4v) is 1.59. The van der Waals surface area contributed by atoms with Crippen LogP contribution in [0.25, 0.3) is 0 Å². The minimum Gasteiger partial charge on any atom is -0.489 e. The molecule has 1 aliphatic heterocycles. The van der Waals surface area contributed by atoms with Crippen molar-refractivity contribution in [3.8, 4) is 5.75 Å². The standard InChI is InChI=1S/C10H17N3O2/c1-12-9-10(8-11-12)15-7-4-13-2-5-14-6-3-13/h8-9H,2-7H2,1H3. The molecule has 5 nitrogen and oxygen atoms in total. The minimum absolute atomic E-state index is 0.714. The topological polar surface area (TPSA) is 39.5 Å². The highest BCUT2D eigenvalue weighted by molar-refractivity contribution is 5.11. The maximum atomic E-state index is 5.56. The number of nitrogens with zero attached hydrogens (tertiary/aromatic N) is 3. The van der Waals surface area contributed by atoms with Crippen molar-refractivity contribution in [2.75, 3.05) is 39.5 Å². The monoisotopic (exact) mass is 211 g/mol. The van der Waals surface area contributed by atoms with Crippen LogP contribution in [0, 0.1) is 0 Å². The van der Waals surface area contributed by atoms with Gasteiger partial charge in [-0.1, -0.05) is 0 Å². The van der Waals surface area contributed by atoms with Gasteiger partial charge in [0, 0.05) is 26.7 Å². The lowest BCUT2D eigenvalue weighted by molar-refractivity contribution is 0.0322. The van der Waals surface area contributed by atoms with Crippen molar-refractivity contribution in [2.24, 2.45) is 7.05 Å². The molecule has 0 spiro atoms. The second kappa shape index (κ2) is 5.14. The average Bonchev–Trinajstić information content (AvgIpc) is 2.66. The number of hydrogen-bond acceptors (Lipinski definition) is 4. The third-order valence-corrected chi connectivity index (χ3v) is 2.46. The Morgan fingerprint density at radius 2 is 2.27 bits per heavy atom. The summed E-state index contributed by atoms with van der Waals surface area (Å²) in [6.07, 6.45) is 3.61. The van der Waals surface area contributed by atoms with Gasteiger partial charge in [0.05, 0.1) is 25.6 Å². The lowest BCUT2D eigenvalue weighted by atomic mass is 10.4. The quantitative estimate of drug-likeness (QED) is 0.709. The number of aromatic nitrogens is 2. The van der Waals surface area contributed by atoms with Gasteiger partial charge < -0.3 is 9.47 Å². The maximum Gasteiger partial charge on any atom is 0.157 e. The van der Waals surface area contributed by atoms with Gasteiger partial charge in [0.2, 0.25) is 0 Å². The van der Waals surface area contributed by atoms with E-state index in [1.54, 1.807) is 10.9 Å². The van der Waals surface area contributed by atoms with Gasteiger partial charge in [0.25, 0.3) is 0 Å². The van der Waals surface area contributed by atoms with E-state index in [2.05, 4.69) is 10.00 Å². The molecule has 1 aliphatic rings. The molecule has 0 unspecified atom stereocenters. The van der Waals surface area contributed by atoms with Crippen LogP contribution in [0.1, 0.15) is 0 Å². The molecule has 84 valence electrons. The van der Waals surface area contributed by atoms with Crippen LogP contribution in [0.5, 0.6) is 5.75 Å². The molecule has 1 aromatic rings. The molecule has 1 fully saturated rings. The number of hydrogen-bond donors (Lipinski definition) is 0. The smallest absolute Gasteiger partial charge is 0.157 e. The second-order valence-electron chi connectivity index (χ2n) is 3.65. The van der Waals surface area contributed by atoms with E-state index in [9.17, 15) is 0 Å². The van der Waals surface area contributed by atoms with E-state index in [0.717, 1.165) is 38.6 Å². The van der Waals surface area contributed by atoms with E-state index in [1.165, 1.54) is 0 Å². The first-order valence-electron chi connectivity index (χ1n) is 5.26. The van der Waals surface area contributed by atoms with Crippen molar-refractivity contribution in [1.82, 2.24) is 14.7 Å². The molecule has 15 heavy (non-hydrogen) atoms. The van der Waals surface area contributed by atoms with Crippen LogP contribution in [0.2, 0.25) is 0 Å². The Kier molecular flexibility index (Phi) is 3.58. The number of ether oxygens (including phenoxy) is 2. The normalized spacial score (nSPS) is 17.9. The van der Waals surface area contributed by atoms with Gasteiger partial charge >= 0.3 is 0 Å². The Bertz CT molecular complexity index is 295. The number of aryl methyl sites for hydroxylation is 1. The number of morpholine rings is 1. The molecular formula is C10H17N3O2. The van der Waals surface area contributed by atoms with E-state index in [1.807, 2.05) is 13.2 Å². The highest BCUT2D eigenvalue weighted by Crippen LogP contribution is 2.06. The molecule has 0 radical (unpaired) electrons. The Labute approximate surface area is 89.6 Å². The molecular weight excluding hydrogens is 194 g/mol. The molecule has 0 amide bonds. The highest BCUT2D eigenvalue weighted by Gasteiger charge is 2.09. The fraction of sp³-hybridized carbons (Fsp3) is 0.700. The van der Waals surface area contributed by atoms with E-state index in [4.69, 9.17) is 9.47 Å². The summed E-state index contributed by atoms with van der Waals surface area (Å²) in [6, 6.07) is 0. The molecule has 1 saturated heterocycles. The second-order valence-corrected chi connectivity index (χ2v) is 3.65. The van der Waals surface area contributed by atoms with Crippen molar-refractivity contribution in [3.05, 3.63) is 12.4 Å². The fourth-order valence-electron chi connectivity index (χ4n) is 1.59. The molecule has 5 heteroatoms. The summed E-state index contributed by atoms with van der Waals surface area (Å²) in [5.74, 6) is 0.839. The zero-order chi connectivity index (χ0) is 10.5. The van der Waals surface area contributed by atoms with E-state index in [0.29, 0.717) is 6.61 Å². The summed E-state index contributed by atoms with van der Waals surface area (Å²) in [5.41, 5.74) is 0. The lowest BCUT2D eigenvalue weighted by Crippen LogP contribution is -2.38. The SMILES string of the molecule is Cn1cc(OCCN2CCOCC2)cn1. The Morgan fingerprint density at radius 1 is 1.47 bits per heavy atom. The van der Waals surface area contributed by atoms with E-state index < -0.39 is 0 Å². The number of rotatable bonds is 4. The van der Waals surface area contributed by atoms with E-state index >= 15 is 0 Å². The summed E-state index contributed by atoms with van der Waals surface area (Å²) < 4.78 is 12.6. The first kappa shape index (κ1) is 10.4. The van der Waals surface area contributed by atoms with Crippen molar-refractivity contribution < 1.29 is 9.47 Å². The molecule has 0 atom stereocenters. The molecule has 2 heterocycles. The van der Waals surface area contributed by atoms with Gasteiger partial charge in [0.15, 0.2) is 5.75 Å². The van der Waals surface area contributed by atoms with Crippen molar-refractivity contribution >= 4 is 0 Å². The van der Waals surface area contributed by atoms with Crippen LogP contribution in [-0.4, -0.2) is 54.1 Å². The van der Waals surface area contributed by atoms with Crippen molar-refractivity contribution in [3.63, 3.8) is 0 Å². The molecule has 1 aromatic heterocycles. The minimum atomic E-state index is 0.714. The maximum absolute atomic E-state index is 5.56. The Morgan fingerprint density at radius 3 is 2.93 bits per heavy atom. The third kappa shape index (κ3) is 3.21. The lowest BCUT2D eigenvalue weighted by Gasteiger charge is -2.26. The van der Waals surface area contributed by atoms with Gasteiger partial charge in [-0.2, -0.15) is 5.10 Å². The summed E-state index contributed by atoms with van der Waals surface area (Å²) in [6.45, 7) is 5.37. The first-order valence-corrected chi connectivity index (χ1v) is 5.26. The van der Waals surface area contributed by atoms with Crippen LogP contribution in [-0.2, 0) is 11.8 Å². The molecule has 2 rings (SSSR count). The predicted molar refractivity (Wildman–Crippen MR) is 56.0 cm³/mol. The van der Waals surface area contributed by atoms with Gasteiger partial charge in [-0.15, -0.1) is 0 Å². The van der Waals surface area contributed by atoms with Crippen molar-refractivity contribution in [1.29, 1.82) is 0 Å². The largest absolute Gasteiger partial charge is 0.489 e. The zero-order valence-electron chi connectivity index (χ0n) is 9.06. The summed E-state index contributed by atoms with van der Waals surface area (Å²) in [4.78, 5) is 2.35. The van der Waals surface area contributed by atoms with Gasteiger partial charge in [-0.3, -0.25) is 9.58 Å². The molecule has 0 bridgehead atoms. The molecule has 0 aromatic carbocycles. The summed E-state index contributed by atoms with van der Waals surface area (Å²) in [7, 11) is 1.88. The van der Waals surface area contributed by atoms with Gasteiger partial charge in [-0.05, 0) is 0 Å². The third-order valence-electron chi connectivity index (χ3n) is 2.46. The predicted octanol–water partition coefficient (Wildman–Crippen LogP) is 0.131. The molecule has 0 saturated carbocycles. The van der Waals surface area contributed by atoms with E-state index in [-0.39, 0.29) is 0 Å². The Balaban J connectivity index is 1.65.